The molecule has 3 N–H and O–H groups in total. The van der Waals surface area contributed by atoms with Crippen LogP contribution in [0.2, 0.25) is 0 Å². The van der Waals surface area contributed by atoms with Gasteiger partial charge in [0, 0.05) is 19.4 Å². The van der Waals surface area contributed by atoms with Crippen molar-refractivity contribution in [2.24, 2.45) is 0 Å². The first-order valence-electron chi connectivity index (χ1n) is 21.9. The molecule has 0 fully saturated rings. The van der Waals surface area contributed by atoms with Crippen LogP contribution in [0.3, 0.4) is 0 Å². The maximum absolute atomic E-state index is 12.1. The molecule has 2 atom stereocenters. The summed E-state index contributed by atoms with van der Waals surface area (Å²) in [6, 6.07) is 0. The molecule has 0 spiro atoms. The van der Waals surface area contributed by atoms with E-state index in [-0.39, 0.29) is 32.1 Å². The number of nitrogens with one attached hydrogen (secondary N) is 1. The summed E-state index contributed by atoms with van der Waals surface area (Å²) in [5.41, 5.74) is 0. The minimum absolute atomic E-state index is 0.0699. The maximum atomic E-state index is 12.1. The molecule has 56 heavy (non-hydrogen) atoms. The van der Waals surface area contributed by atoms with E-state index in [0.717, 1.165) is 83.5 Å². The average Bonchev–Trinajstić information content (AvgIpc) is 3.18. The lowest BCUT2D eigenvalue weighted by Crippen LogP contribution is -2.27. The number of esters is 1. The van der Waals surface area contributed by atoms with Crippen molar-refractivity contribution in [2.75, 3.05) is 26.4 Å². The third-order valence-electron chi connectivity index (χ3n) is 8.87. The number of carbonyl (C=O) groups excluding carboxylic acids is 2. The number of aliphatic hydroxyl groups excluding tert-OH is 1. The highest BCUT2D eigenvalue weighted by atomic mass is 31.2. The summed E-state index contributed by atoms with van der Waals surface area (Å²) in [5, 5.41) is 12.7. The van der Waals surface area contributed by atoms with Gasteiger partial charge < -0.3 is 20.1 Å². The van der Waals surface area contributed by atoms with Crippen LogP contribution in [0.1, 0.15) is 174 Å². The minimum atomic E-state index is -4.43. The van der Waals surface area contributed by atoms with Crippen LogP contribution in [0.4, 0.5) is 0 Å². The average molecular weight is 806 g/mol. The van der Waals surface area contributed by atoms with Crippen LogP contribution in [-0.4, -0.2) is 54.3 Å². The monoisotopic (exact) mass is 806 g/mol. The number of unbranched alkanes of at least 4 members (excludes halogenated alkanes) is 15. The predicted octanol–water partition coefficient (Wildman–Crippen LogP) is 12.3. The molecular weight excluding hydrogens is 725 g/mol. The molecule has 0 aliphatic heterocycles. The van der Waals surface area contributed by atoms with Gasteiger partial charge in [0.15, 0.2) is 0 Å². The van der Waals surface area contributed by atoms with Crippen LogP contribution >= 0.6 is 7.82 Å². The van der Waals surface area contributed by atoms with Crippen molar-refractivity contribution >= 4 is 19.7 Å². The largest absolute Gasteiger partial charge is 0.472 e. The Balaban J connectivity index is 3.68. The highest BCUT2D eigenvalue weighted by molar-refractivity contribution is 7.47. The van der Waals surface area contributed by atoms with Gasteiger partial charge in [-0.25, -0.2) is 4.57 Å². The van der Waals surface area contributed by atoms with E-state index in [4.69, 9.17) is 13.8 Å². The van der Waals surface area contributed by atoms with Crippen molar-refractivity contribution in [2.45, 2.75) is 180 Å². The summed E-state index contributed by atoms with van der Waals surface area (Å²) in [6.45, 7) is 3.38. The van der Waals surface area contributed by atoms with Gasteiger partial charge in [0.05, 0.1) is 13.2 Å². The van der Waals surface area contributed by atoms with Crippen molar-refractivity contribution in [1.82, 2.24) is 5.32 Å². The number of amides is 1. The van der Waals surface area contributed by atoms with Gasteiger partial charge in [0.25, 0.3) is 0 Å². The second-order valence-corrected chi connectivity index (χ2v) is 15.7. The summed E-state index contributed by atoms with van der Waals surface area (Å²) in [5.74, 6) is -0.562. The Morgan fingerprint density at radius 3 is 1.57 bits per heavy atom. The number of allylic oxidation sites excluding steroid dienone is 12. The summed E-state index contributed by atoms with van der Waals surface area (Å²) < 4.78 is 26.8. The zero-order chi connectivity index (χ0) is 41.1. The zero-order valence-corrected chi connectivity index (χ0v) is 36.2. The van der Waals surface area contributed by atoms with Gasteiger partial charge >= 0.3 is 13.8 Å². The van der Waals surface area contributed by atoms with Crippen LogP contribution in [0, 0.1) is 0 Å². The first-order valence-corrected chi connectivity index (χ1v) is 23.4. The fraction of sp³-hybridized carbons (Fsp3) is 0.696. The molecule has 322 valence electrons. The second kappa shape index (κ2) is 42.1. The molecule has 9 nitrogen and oxygen atoms in total. The van der Waals surface area contributed by atoms with Gasteiger partial charge in [-0.15, -0.1) is 0 Å². The Kier molecular flexibility index (Phi) is 40.2. The molecule has 10 heteroatoms. The van der Waals surface area contributed by atoms with Gasteiger partial charge in [-0.2, -0.15) is 0 Å². The van der Waals surface area contributed by atoms with Crippen LogP contribution in [-0.2, 0) is 27.9 Å². The van der Waals surface area contributed by atoms with E-state index >= 15 is 0 Å². The fourth-order valence-electron chi connectivity index (χ4n) is 5.58. The Labute approximate surface area is 341 Å². The normalized spacial score (nSPS) is 14.0. The molecule has 0 aromatic carbocycles. The van der Waals surface area contributed by atoms with Crippen molar-refractivity contribution < 1.29 is 37.9 Å². The predicted molar refractivity (Wildman–Crippen MR) is 233 cm³/mol. The number of aliphatic hydroxyl groups is 1. The number of phosphoric acid groups is 1. The maximum Gasteiger partial charge on any atom is 0.472 e. The first-order chi connectivity index (χ1) is 27.3. The summed E-state index contributed by atoms with van der Waals surface area (Å²) in [6.07, 6.45) is 51.1. The van der Waals surface area contributed by atoms with E-state index in [1.165, 1.54) is 57.8 Å². The Hall–Kier alpha value is -2.55. The van der Waals surface area contributed by atoms with Crippen molar-refractivity contribution in [1.29, 1.82) is 0 Å². The molecule has 0 aliphatic rings. The van der Waals surface area contributed by atoms with E-state index in [2.05, 4.69) is 92.1 Å². The molecule has 2 unspecified atom stereocenters. The minimum Gasteiger partial charge on any atom is -0.463 e. The van der Waals surface area contributed by atoms with Gasteiger partial charge in [-0.3, -0.25) is 18.6 Å². The molecule has 0 rings (SSSR count). The number of hydrogen-bond acceptors (Lipinski definition) is 7. The van der Waals surface area contributed by atoms with Crippen molar-refractivity contribution in [3.63, 3.8) is 0 Å². The topological polar surface area (TPSA) is 131 Å². The van der Waals surface area contributed by atoms with Gasteiger partial charge in [0.1, 0.15) is 12.7 Å². The third-order valence-corrected chi connectivity index (χ3v) is 9.85. The molecule has 0 heterocycles. The Morgan fingerprint density at radius 2 is 1.02 bits per heavy atom. The van der Waals surface area contributed by atoms with Crippen LogP contribution in [0.15, 0.2) is 72.9 Å². The first kappa shape index (κ1) is 53.5. The lowest BCUT2D eigenvalue weighted by atomic mass is 10.1. The molecule has 0 saturated carbocycles. The van der Waals surface area contributed by atoms with Crippen LogP contribution in [0.5, 0.6) is 0 Å². The zero-order valence-electron chi connectivity index (χ0n) is 35.3. The molecule has 0 radical (unpaired) electrons. The number of ether oxygens (including phenoxy) is 1. The molecule has 0 bridgehead atoms. The molecule has 0 aliphatic carbocycles. The Morgan fingerprint density at radius 1 is 0.571 bits per heavy atom. The van der Waals surface area contributed by atoms with E-state index in [1.54, 1.807) is 0 Å². The van der Waals surface area contributed by atoms with E-state index < -0.39 is 26.5 Å². The van der Waals surface area contributed by atoms with Crippen LogP contribution < -0.4 is 5.32 Å². The van der Waals surface area contributed by atoms with E-state index in [0.29, 0.717) is 12.8 Å². The summed E-state index contributed by atoms with van der Waals surface area (Å²) in [7, 11) is -4.43. The number of hydrogen-bond donors (Lipinski definition) is 3. The molecule has 1 amide bonds. The Bertz CT molecular complexity index is 1150. The highest BCUT2D eigenvalue weighted by Crippen LogP contribution is 2.42. The highest BCUT2D eigenvalue weighted by Gasteiger charge is 2.23. The number of carbonyl (C=O) groups is 2. The van der Waals surface area contributed by atoms with Gasteiger partial charge in [-0.05, 0) is 83.5 Å². The third kappa shape index (κ3) is 42.6. The SMILES string of the molecule is CC/C=C\C/C=C\C/C=C\C/C=C\C/C=C\CCCCCC(=O)OCC(O)COP(=O)(O)OCCNC(=O)CCCCCCC/C=C\CCCCCCCCC. The van der Waals surface area contributed by atoms with Crippen LogP contribution in [0.25, 0.3) is 0 Å². The van der Waals surface area contributed by atoms with Gasteiger partial charge in [-0.1, -0.05) is 151 Å². The smallest absolute Gasteiger partial charge is 0.463 e. The van der Waals surface area contributed by atoms with E-state index in [9.17, 15) is 24.2 Å². The van der Waals surface area contributed by atoms with Gasteiger partial charge in [0.2, 0.25) is 5.91 Å². The lowest BCUT2D eigenvalue weighted by molar-refractivity contribution is -0.147. The molecule has 0 aromatic rings. The van der Waals surface area contributed by atoms with E-state index in [1.807, 2.05) is 0 Å². The fourth-order valence-corrected chi connectivity index (χ4v) is 6.33. The molecular formula is C46H80NO8P. The van der Waals surface area contributed by atoms with Crippen molar-refractivity contribution in [3.05, 3.63) is 72.9 Å². The lowest BCUT2D eigenvalue weighted by Gasteiger charge is -2.15. The quantitative estimate of drug-likeness (QED) is 0.0241. The number of rotatable bonds is 40. The van der Waals surface area contributed by atoms with Crippen molar-refractivity contribution in [3.8, 4) is 0 Å². The summed E-state index contributed by atoms with van der Waals surface area (Å²) >= 11 is 0. The molecule has 0 saturated heterocycles. The second-order valence-electron chi connectivity index (χ2n) is 14.3. The molecule has 0 aromatic heterocycles. The number of phosphoric ester groups is 1. The standard InChI is InChI=1S/C46H80NO8P/c1-3-5-7-9-11-13-15-17-19-21-22-23-25-27-29-31-33-35-37-39-46(50)53-42-44(48)43-55-56(51,52)54-41-40-47-45(49)38-36-34-32-30-28-26-24-20-18-16-14-12-10-8-6-4-2/h5,7,11,13,17,19-20,22-24,27,29,44,48H,3-4,6,8-10,12,14-16,18,21,25-26,28,30-43H2,1-2H3,(H,47,49)(H,51,52)/b7-5-,13-11-,19-17-,23-22-,24-20-,29-27-. The summed E-state index contributed by atoms with van der Waals surface area (Å²) in [4.78, 5) is 33.9.